The van der Waals surface area contributed by atoms with E-state index in [0.29, 0.717) is 0 Å². The molecule has 0 fully saturated rings. The Kier molecular flexibility index (Phi) is 390. The predicted molar refractivity (Wildman–Crippen MR) is 12.2 cm³/mol. The second-order valence-electron chi connectivity index (χ2n) is 0. The van der Waals surface area contributed by atoms with Crippen molar-refractivity contribution in [3.05, 3.63) is 0 Å². The molecule has 1 nitrogen and oxygen atoms in total. The van der Waals surface area contributed by atoms with Crippen LogP contribution in [0.15, 0.2) is 0 Å². The van der Waals surface area contributed by atoms with Crippen molar-refractivity contribution in [3.8, 4) is 0 Å². The first-order valence-corrected chi connectivity index (χ1v) is 0. The van der Waals surface area contributed by atoms with Crippen molar-refractivity contribution in [1.29, 1.82) is 0 Å². The van der Waals surface area contributed by atoms with Crippen molar-refractivity contribution in [3.63, 3.8) is 0 Å². The van der Waals surface area contributed by atoms with Crippen LogP contribution >= 0.6 is 0 Å². The van der Waals surface area contributed by atoms with Crippen LogP contribution in [-0.4, -0.2) is 34.7 Å². The minimum atomic E-state index is 0. The largest absolute Gasteiger partial charge is 2.00 e. The SMILES string of the molecule is [Al].[Al].[Li+].[Li+].[O-2]. The molecule has 5 heteroatoms. The van der Waals surface area contributed by atoms with Crippen molar-refractivity contribution in [2.45, 2.75) is 0 Å². The van der Waals surface area contributed by atoms with Gasteiger partial charge in [0.15, 0.2) is 0 Å². The van der Waals surface area contributed by atoms with Gasteiger partial charge in [-0.2, -0.15) is 0 Å². The molecule has 0 atom stereocenters. The van der Waals surface area contributed by atoms with Gasteiger partial charge in [0.2, 0.25) is 0 Å². The van der Waals surface area contributed by atoms with Gasteiger partial charge in [-0.1, -0.05) is 0 Å². The van der Waals surface area contributed by atoms with E-state index in [1.165, 1.54) is 0 Å². The molecule has 0 aliphatic carbocycles. The fourth-order valence-corrected chi connectivity index (χ4v) is 0. The van der Waals surface area contributed by atoms with Gasteiger partial charge in [-0.3, -0.25) is 0 Å². The summed E-state index contributed by atoms with van der Waals surface area (Å²) < 4.78 is 0. The van der Waals surface area contributed by atoms with E-state index in [4.69, 9.17) is 0 Å². The van der Waals surface area contributed by atoms with E-state index in [1.807, 2.05) is 0 Å². The average molecular weight is 83.8 g/mol. The van der Waals surface area contributed by atoms with Crippen LogP contribution in [0.2, 0.25) is 0 Å². The average Bonchev–Trinajstić information content (AvgIpc) is 0. The molecule has 0 aliphatic rings. The number of hydrogen-bond acceptors (Lipinski definition) is 0. The molecule has 0 bridgehead atoms. The van der Waals surface area contributed by atoms with E-state index < -0.39 is 0 Å². The van der Waals surface area contributed by atoms with E-state index >= 15 is 0 Å². The van der Waals surface area contributed by atoms with Crippen LogP contribution in [0.25, 0.3) is 0 Å². The summed E-state index contributed by atoms with van der Waals surface area (Å²) in [6, 6.07) is 0. The molecule has 0 aliphatic heterocycles. The van der Waals surface area contributed by atoms with E-state index in [9.17, 15) is 0 Å². The predicted octanol–water partition coefficient (Wildman–Crippen LogP) is -6.87. The third-order valence-electron chi connectivity index (χ3n) is 0. The second-order valence-corrected chi connectivity index (χ2v) is 0. The molecule has 0 unspecified atom stereocenters. The number of hydrogen-bond donors (Lipinski definition) is 0. The van der Waals surface area contributed by atoms with Gasteiger partial charge in [0, 0.05) is 34.7 Å². The van der Waals surface area contributed by atoms with Crippen molar-refractivity contribution in [2.75, 3.05) is 0 Å². The Bertz CT molecular complexity index is 7.61. The summed E-state index contributed by atoms with van der Waals surface area (Å²) in [5.41, 5.74) is 0. The fraction of sp³-hybridized carbons (Fsp3) is 0. The molecule has 0 rings (SSSR count). The molecule has 0 amide bonds. The summed E-state index contributed by atoms with van der Waals surface area (Å²) in [7, 11) is 0. The molecule has 0 N–H and O–H groups in total. The van der Waals surface area contributed by atoms with Gasteiger partial charge in [-0.25, -0.2) is 0 Å². The van der Waals surface area contributed by atoms with Crippen molar-refractivity contribution < 1.29 is 43.2 Å². The molecule has 0 aromatic rings. The first-order chi connectivity index (χ1) is 0. The van der Waals surface area contributed by atoms with Crippen molar-refractivity contribution >= 4 is 34.7 Å². The molecular formula is Al2Li2O. The third kappa shape index (κ3) is 22.5. The van der Waals surface area contributed by atoms with Crippen molar-refractivity contribution in [2.24, 2.45) is 0 Å². The van der Waals surface area contributed by atoms with Crippen LogP contribution in [0.3, 0.4) is 0 Å². The first-order valence-electron chi connectivity index (χ1n) is 0. The van der Waals surface area contributed by atoms with E-state index in [0.717, 1.165) is 0 Å². The third-order valence-corrected chi connectivity index (χ3v) is 0. The Morgan fingerprint density at radius 3 is 0.600 bits per heavy atom. The Balaban J connectivity index is 0. The minimum Gasteiger partial charge on any atom is -2.00 e. The zero-order valence-corrected chi connectivity index (χ0v) is 5.87. The van der Waals surface area contributed by atoms with Gasteiger partial charge in [0.1, 0.15) is 0 Å². The first kappa shape index (κ1) is 56.7. The zero-order chi connectivity index (χ0) is 0. The van der Waals surface area contributed by atoms with Crippen LogP contribution in [-0.2, 0) is 5.48 Å². The molecule has 6 radical (unpaired) electrons. The van der Waals surface area contributed by atoms with Gasteiger partial charge in [0.25, 0.3) is 0 Å². The quantitative estimate of drug-likeness (QED) is 0.261. The van der Waals surface area contributed by atoms with E-state index in [-0.39, 0.29) is 77.9 Å². The molecule has 0 aromatic carbocycles. The van der Waals surface area contributed by atoms with Crippen LogP contribution in [0, 0.1) is 0 Å². The molecule has 14 valence electrons. The molecule has 0 saturated heterocycles. The molecule has 0 saturated carbocycles. The summed E-state index contributed by atoms with van der Waals surface area (Å²) in [6.07, 6.45) is 0. The van der Waals surface area contributed by atoms with Gasteiger partial charge in [-0.15, -0.1) is 0 Å². The Morgan fingerprint density at radius 1 is 0.600 bits per heavy atom. The number of rotatable bonds is 0. The standard InChI is InChI=1S/2Al.2Li.O/q;;2*+1;-2. The van der Waals surface area contributed by atoms with Crippen LogP contribution in [0.5, 0.6) is 0 Å². The van der Waals surface area contributed by atoms with Gasteiger partial charge in [-0.05, 0) is 0 Å². The molecule has 5 heavy (non-hydrogen) atoms. The van der Waals surface area contributed by atoms with Crippen LogP contribution in [0.4, 0.5) is 0 Å². The summed E-state index contributed by atoms with van der Waals surface area (Å²) in [4.78, 5) is 0. The Labute approximate surface area is 77.2 Å². The molecule has 0 heterocycles. The molecule has 0 spiro atoms. The molecule has 0 aromatic heterocycles. The minimum absolute atomic E-state index is 0. The van der Waals surface area contributed by atoms with Gasteiger partial charge >= 0.3 is 37.7 Å². The second kappa shape index (κ2) is 34.4. The maximum atomic E-state index is 0. The van der Waals surface area contributed by atoms with E-state index in [1.54, 1.807) is 0 Å². The zero-order valence-electron chi connectivity index (χ0n) is 3.56. The van der Waals surface area contributed by atoms with Crippen LogP contribution < -0.4 is 37.7 Å². The topological polar surface area (TPSA) is 28.5 Å². The normalized spacial score (nSPS) is 0. The molecular weight excluding hydrogens is 83.8 g/mol. The maximum absolute atomic E-state index is 0. The van der Waals surface area contributed by atoms with E-state index in [2.05, 4.69) is 0 Å². The van der Waals surface area contributed by atoms with Gasteiger partial charge in [0.05, 0.1) is 0 Å². The smallest absolute Gasteiger partial charge is 1.00 e. The summed E-state index contributed by atoms with van der Waals surface area (Å²) in [5, 5.41) is 0. The van der Waals surface area contributed by atoms with Crippen molar-refractivity contribution in [1.82, 2.24) is 0 Å². The monoisotopic (exact) mass is 84.0 g/mol. The fourth-order valence-electron chi connectivity index (χ4n) is 0. The van der Waals surface area contributed by atoms with Crippen LogP contribution in [0.1, 0.15) is 0 Å². The summed E-state index contributed by atoms with van der Waals surface area (Å²) >= 11 is 0. The van der Waals surface area contributed by atoms with Gasteiger partial charge < -0.3 is 5.48 Å². The maximum Gasteiger partial charge on any atom is 1.00 e. The summed E-state index contributed by atoms with van der Waals surface area (Å²) in [6.45, 7) is 0. The summed E-state index contributed by atoms with van der Waals surface area (Å²) in [5.74, 6) is 0. The Morgan fingerprint density at radius 2 is 0.600 bits per heavy atom. The Hall–Kier alpha value is 2.22.